The number of benzene rings is 3. The lowest BCUT2D eigenvalue weighted by Crippen LogP contribution is -2.25. The van der Waals surface area contributed by atoms with E-state index in [0.29, 0.717) is 23.7 Å². The van der Waals surface area contributed by atoms with Crippen LogP contribution in [0.15, 0.2) is 72.8 Å². The second-order valence-electron chi connectivity index (χ2n) is 7.57. The monoisotopic (exact) mass is 463 g/mol. The Hall–Kier alpha value is -3.51. The second-order valence-corrected chi connectivity index (χ2v) is 7.97. The fourth-order valence-corrected chi connectivity index (χ4v) is 3.88. The summed E-state index contributed by atoms with van der Waals surface area (Å²) in [5.74, 6) is 2.17. The molecule has 1 heterocycles. The van der Waals surface area contributed by atoms with Gasteiger partial charge in [-0.2, -0.15) is 0 Å². The molecule has 0 aliphatic carbocycles. The first-order chi connectivity index (χ1) is 16.2. The summed E-state index contributed by atoms with van der Waals surface area (Å²) in [6, 6.07) is 22.6. The molecule has 0 aliphatic rings. The molecule has 0 unspecified atom stereocenters. The Morgan fingerprint density at radius 3 is 2.64 bits per heavy atom. The van der Waals surface area contributed by atoms with Crippen LogP contribution in [0, 0.1) is 0 Å². The van der Waals surface area contributed by atoms with Crippen molar-refractivity contribution in [2.45, 2.75) is 25.9 Å². The lowest BCUT2D eigenvalue weighted by Gasteiger charge is -2.11. The molecule has 0 saturated carbocycles. The Morgan fingerprint density at radius 1 is 1.00 bits per heavy atom. The molecule has 4 aromatic rings. The number of ether oxygens (including phenoxy) is 2. The Morgan fingerprint density at radius 2 is 1.79 bits per heavy atom. The molecule has 0 fully saturated rings. The van der Waals surface area contributed by atoms with E-state index in [-0.39, 0.29) is 5.91 Å². The first kappa shape index (κ1) is 22.7. The van der Waals surface area contributed by atoms with E-state index in [1.54, 1.807) is 31.4 Å². The van der Waals surface area contributed by atoms with Crippen molar-refractivity contribution in [3.8, 4) is 11.5 Å². The molecule has 1 N–H and O–H groups in total. The summed E-state index contributed by atoms with van der Waals surface area (Å²) in [5.41, 5.74) is 2.41. The largest absolute Gasteiger partial charge is 0.497 e. The molecular weight excluding hydrogens is 438 g/mol. The van der Waals surface area contributed by atoms with Crippen molar-refractivity contribution in [1.82, 2.24) is 14.9 Å². The highest BCUT2D eigenvalue weighted by Gasteiger charge is 2.14. The number of hydrogen-bond donors (Lipinski definition) is 1. The maximum Gasteiger partial charge on any atom is 0.253 e. The molecule has 1 amide bonds. The second kappa shape index (κ2) is 10.9. The summed E-state index contributed by atoms with van der Waals surface area (Å²) in [7, 11) is 1.64. The molecule has 0 saturated heterocycles. The third-order valence-corrected chi connectivity index (χ3v) is 5.67. The van der Waals surface area contributed by atoms with Gasteiger partial charge in [0.25, 0.3) is 5.91 Å². The summed E-state index contributed by atoms with van der Waals surface area (Å²) in [5, 5.41) is 3.38. The average Bonchev–Trinajstić information content (AvgIpc) is 3.20. The van der Waals surface area contributed by atoms with Gasteiger partial charge in [-0.25, -0.2) is 4.98 Å². The van der Waals surface area contributed by atoms with Crippen LogP contribution in [0.1, 0.15) is 29.0 Å². The average molecular weight is 464 g/mol. The number of unbranched alkanes of at least 4 members (excludes halogenated alkanes) is 1. The predicted molar refractivity (Wildman–Crippen MR) is 130 cm³/mol. The number of amides is 1. The number of halogens is 1. The number of methoxy groups -OCH3 is 1. The van der Waals surface area contributed by atoms with Crippen LogP contribution < -0.4 is 14.8 Å². The smallest absolute Gasteiger partial charge is 0.253 e. The minimum Gasteiger partial charge on any atom is -0.497 e. The molecule has 4 rings (SSSR count). The Labute approximate surface area is 198 Å². The van der Waals surface area contributed by atoms with Crippen LogP contribution in [0.2, 0.25) is 5.02 Å². The Balaban J connectivity index is 1.37. The summed E-state index contributed by atoms with van der Waals surface area (Å²) < 4.78 is 13.2. The molecular formula is C26H26ClN3O3. The molecule has 0 bridgehead atoms. The summed E-state index contributed by atoms with van der Waals surface area (Å²) in [4.78, 5) is 17.3. The lowest BCUT2D eigenvalue weighted by atomic mass is 10.2. The molecule has 33 heavy (non-hydrogen) atoms. The zero-order valence-electron chi connectivity index (χ0n) is 18.5. The molecule has 1 aromatic heterocycles. The Kier molecular flexibility index (Phi) is 7.47. The number of imidazole rings is 1. The van der Waals surface area contributed by atoms with E-state index < -0.39 is 0 Å². The molecule has 170 valence electrons. The molecule has 0 spiro atoms. The van der Waals surface area contributed by atoms with Crippen molar-refractivity contribution >= 4 is 28.5 Å². The number of carbonyl (C=O) groups excluding carboxylic acids is 1. The number of nitrogens with zero attached hydrogens (tertiary/aromatic N) is 2. The summed E-state index contributed by atoms with van der Waals surface area (Å²) in [6.45, 7) is 1.71. The van der Waals surface area contributed by atoms with Crippen molar-refractivity contribution in [2.75, 3.05) is 13.7 Å². The van der Waals surface area contributed by atoms with Gasteiger partial charge in [0.15, 0.2) is 0 Å². The van der Waals surface area contributed by atoms with Crippen molar-refractivity contribution in [1.29, 1.82) is 0 Å². The van der Waals surface area contributed by atoms with E-state index in [0.717, 1.165) is 47.7 Å². The molecule has 0 radical (unpaired) electrons. The summed E-state index contributed by atoms with van der Waals surface area (Å²) in [6.07, 6.45) is 1.80. The quantitative estimate of drug-likeness (QED) is 0.316. The molecule has 0 aliphatic heterocycles. The van der Waals surface area contributed by atoms with Gasteiger partial charge in [-0.05, 0) is 49.2 Å². The summed E-state index contributed by atoms with van der Waals surface area (Å²) >= 11 is 6.16. The van der Waals surface area contributed by atoms with E-state index in [2.05, 4.69) is 16.0 Å². The Bertz CT molecular complexity index is 1240. The number of aromatic nitrogens is 2. The first-order valence-corrected chi connectivity index (χ1v) is 11.3. The molecule has 3 aromatic carbocycles. The van der Waals surface area contributed by atoms with E-state index in [9.17, 15) is 4.79 Å². The van der Waals surface area contributed by atoms with Crippen molar-refractivity contribution in [2.24, 2.45) is 0 Å². The zero-order chi connectivity index (χ0) is 23.0. The maximum absolute atomic E-state index is 12.6. The molecule has 6 nitrogen and oxygen atoms in total. The van der Waals surface area contributed by atoms with Gasteiger partial charge >= 0.3 is 0 Å². The van der Waals surface area contributed by atoms with E-state index in [1.807, 2.05) is 42.5 Å². The van der Waals surface area contributed by atoms with Crippen LogP contribution in [0.3, 0.4) is 0 Å². The lowest BCUT2D eigenvalue weighted by molar-refractivity contribution is 0.0949. The van der Waals surface area contributed by atoms with Crippen LogP contribution in [0.4, 0.5) is 0 Å². The van der Waals surface area contributed by atoms with Crippen molar-refractivity contribution in [3.05, 3.63) is 89.2 Å². The minimum absolute atomic E-state index is 0.217. The van der Waals surface area contributed by atoms with Gasteiger partial charge in [-0.15, -0.1) is 0 Å². The fourth-order valence-electron chi connectivity index (χ4n) is 3.66. The standard InChI is InChI=1S/C26H26ClN3O3/c1-32-19-9-8-10-20(17-19)33-16-7-6-15-30-24-14-5-4-13-23(24)29-25(30)18-28-26(31)21-11-2-3-12-22(21)27/h2-5,8-14,17H,6-7,15-16,18H2,1H3,(H,28,31). The van der Waals surface area contributed by atoms with Gasteiger partial charge in [-0.1, -0.05) is 41.9 Å². The highest BCUT2D eigenvalue weighted by atomic mass is 35.5. The van der Waals surface area contributed by atoms with Crippen LogP contribution in [-0.2, 0) is 13.1 Å². The van der Waals surface area contributed by atoms with Crippen LogP contribution >= 0.6 is 11.6 Å². The number of hydrogen-bond acceptors (Lipinski definition) is 4. The van der Waals surface area contributed by atoms with Crippen LogP contribution in [-0.4, -0.2) is 29.2 Å². The van der Waals surface area contributed by atoms with Gasteiger partial charge < -0.3 is 19.4 Å². The molecule has 7 heteroatoms. The first-order valence-electron chi connectivity index (χ1n) is 10.9. The van der Waals surface area contributed by atoms with Gasteiger partial charge in [0.05, 0.1) is 41.9 Å². The van der Waals surface area contributed by atoms with Crippen LogP contribution in [0.5, 0.6) is 11.5 Å². The minimum atomic E-state index is -0.217. The molecule has 0 atom stereocenters. The van der Waals surface area contributed by atoms with Gasteiger partial charge in [0, 0.05) is 12.6 Å². The predicted octanol–water partition coefficient (Wildman–Crippen LogP) is 5.49. The normalized spacial score (nSPS) is 10.8. The number of para-hydroxylation sites is 2. The topological polar surface area (TPSA) is 65.4 Å². The van der Waals surface area contributed by atoms with Crippen LogP contribution in [0.25, 0.3) is 11.0 Å². The number of carbonyl (C=O) groups is 1. The number of rotatable bonds is 10. The third kappa shape index (κ3) is 5.65. The van der Waals surface area contributed by atoms with Gasteiger partial charge in [0.2, 0.25) is 0 Å². The van der Waals surface area contributed by atoms with Crippen molar-refractivity contribution in [3.63, 3.8) is 0 Å². The van der Waals surface area contributed by atoms with Crippen molar-refractivity contribution < 1.29 is 14.3 Å². The zero-order valence-corrected chi connectivity index (χ0v) is 19.2. The number of nitrogens with one attached hydrogen (secondary N) is 1. The van der Waals surface area contributed by atoms with Gasteiger partial charge in [0.1, 0.15) is 17.3 Å². The SMILES string of the molecule is COc1cccc(OCCCCn2c(CNC(=O)c3ccccc3Cl)nc3ccccc32)c1. The van der Waals surface area contributed by atoms with Gasteiger partial charge in [-0.3, -0.25) is 4.79 Å². The highest BCUT2D eigenvalue weighted by molar-refractivity contribution is 6.33. The van der Waals surface area contributed by atoms with E-state index >= 15 is 0 Å². The third-order valence-electron chi connectivity index (χ3n) is 5.35. The fraction of sp³-hybridized carbons (Fsp3) is 0.231. The van der Waals surface area contributed by atoms with E-state index in [1.165, 1.54) is 0 Å². The number of fused-ring (bicyclic) bond motifs is 1. The van der Waals surface area contributed by atoms with E-state index in [4.69, 9.17) is 26.1 Å². The number of aryl methyl sites for hydroxylation is 1. The maximum atomic E-state index is 12.6. The highest BCUT2D eigenvalue weighted by Crippen LogP contribution is 2.20.